The number of aldehydes is 1. The topological polar surface area (TPSA) is 46.6 Å². The fraction of sp³-hybridized carbons (Fsp3) is 0.400. The molecule has 0 spiro atoms. The van der Waals surface area contributed by atoms with Crippen molar-refractivity contribution < 1.29 is 14.3 Å². The summed E-state index contributed by atoms with van der Waals surface area (Å²) in [6.07, 6.45) is 3.81. The van der Waals surface area contributed by atoms with Crippen molar-refractivity contribution in [2.75, 3.05) is 13.2 Å². The Bertz CT molecular complexity index is 283. The Morgan fingerprint density at radius 3 is 3.07 bits per heavy atom. The van der Waals surface area contributed by atoms with Crippen LogP contribution in [0.4, 0.5) is 4.79 Å². The average molecular weight is 195 g/mol. The highest BCUT2D eigenvalue weighted by atomic mass is 16.6. The van der Waals surface area contributed by atoms with Crippen LogP contribution in [-0.2, 0) is 9.53 Å². The van der Waals surface area contributed by atoms with Gasteiger partial charge in [-0.25, -0.2) is 4.79 Å². The minimum atomic E-state index is -0.448. The molecule has 76 valence electrons. The van der Waals surface area contributed by atoms with Gasteiger partial charge >= 0.3 is 6.09 Å². The molecular formula is C10H13NO3. The van der Waals surface area contributed by atoms with Gasteiger partial charge in [-0.3, -0.25) is 4.90 Å². The molecule has 0 N–H and O–H groups in total. The van der Waals surface area contributed by atoms with E-state index in [1.165, 1.54) is 4.90 Å². The van der Waals surface area contributed by atoms with Crippen LogP contribution >= 0.6 is 0 Å². The Morgan fingerprint density at radius 2 is 2.50 bits per heavy atom. The molecule has 4 heteroatoms. The summed E-state index contributed by atoms with van der Waals surface area (Å²) in [4.78, 5) is 23.1. The number of ether oxygens (including phenoxy) is 1. The van der Waals surface area contributed by atoms with Crippen LogP contribution in [0, 0.1) is 0 Å². The van der Waals surface area contributed by atoms with Crippen LogP contribution in [-0.4, -0.2) is 36.5 Å². The molecule has 1 fully saturated rings. The number of hydrogen-bond donors (Lipinski definition) is 0. The molecule has 0 aliphatic carbocycles. The summed E-state index contributed by atoms with van der Waals surface area (Å²) in [5, 5.41) is 0. The molecule has 0 aromatic rings. The Kier molecular flexibility index (Phi) is 3.45. The Morgan fingerprint density at radius 1 is 1.79 bits per heavy atom. The summed E-state index contributed by atoms with van der Waals surface area (Å²) in [5.41, 5.74) is 0.967. The predicted octanol–water partition coefficient (Wildman–Crippen LogP) is 1.14. The molecule has 1 amide bonds. The molecular weight excluding hydrogens is 182 g/mol. The van der Waals surface area contributed by atoms with Crippen molar-refractivity contribution in [1.82, 2.24) is 4.90 Å². The van der Waals surface area contributed by atoms with E-state index in [-0.39, 0.29) is 6.61 Å². The minimum absolute atomic E-state index is 0.156. The molecule has 0 bridgehead atoms. The van der Waals surface area contributed by atoms with E-state index >= 15 is 0 Å². The summed E-state index contributed by atoms with van der Waals surface area (Å²) in [7, 11) is 0. The highest BCUT2D eigenvalue weighted by molar-refractivity contribution is 5.76. The fourth-order valence-electron chi connectivity index (χ4n) is 1.11. The van der Waals surface area contributed by atoms with Crippen molar-refractivity contribution in [2.45, 2.75) is 13.0 Å². The van der Waals surface area contributed by atoms with E-state index in [0.717, 1.165) is 11.9 Å². The van der Waals surface area contributed by atoms with Gasteiger partial charge in [0, 0.05) is 6.54 Å². The Labute approximate surface area is 82.8 Å². The summed E-state index contributed by atoms with van der Waals surface area (Å²) in [5.74, 6) is 0. The lowest BCUT2D eigenvalue weighted by Crippen LogP contribution is -2.34. The van der Waals surface area contributed by atoms with Gasteiger partial charge in [-0.15, -0.1) is 0 Å². The molecule has 0 unspecified atom stereocenters. The number of carbonyl (C=O) groups excluding carboxylic acids is 2. The van der Waals surface area contributed by atoms with Crippen LogP contribution in [0.3, 0.4) is 0 Å². The second kappa shape index (κ2) is 4.60. The summed E-state index contributed by atoms with van der Waals surface area (Å²) in [6, 6.07) is -0.448. The molecule has 14 heavy (non-hydrogen) atoms. The van der Waals surface area contributed by atoms with Gasteiger partial charge in [0.1, 0.15) is 18.9 Å². The Hall–Kier alpha value is -1.58. The number of amides is 1. The first-order valence-electron chi connectivity index (χ1n) is 4.37. The number of carbonyl (C=O) groups is 2. The molecule has 1 atom stereocenters. The van der Waals surface area contributed by atoms with E-state index in [4.69, 9.17) is 4.74 Å². The standard InChI is InChI=1S/C10H13NO3/c1-3-8(2)4-5-11-9(6-12)7-14-10(11)13/h3-4,6,9H,1,5,7H2,2H3/b8-4-/t9-/m0/s1. The molecule has 0 radical (unpaired) electrons. The van der Waals surface area contributed by atoms with Gasteiger partial charge in [0.05, 0.1) is 0 Å². The van der Waals surface area contributed by atoms with Gasteiger partial charge in [0.2, 0.25) is 0 Å². The van der Waals surface area contributed by atoms with Gasteiger partial charge in [0.25, 0.3) is 0 Å². The van der Waals surface area contributed by atoms with E-state index in [9.17, 15) is 9.59 Å². The lowest BCUT2D eigenvalue weighted by Gasteiger charge is -2.14. The van der Waals surface area contributed by atoms with Crippen LogP contribution in [0.15, 0.2) is 24.3 Å². The highest BCUT2D eigenvalue weighted by Crippen LogP contribution is 2.10. The number of nitrogens with zero attached hydrogens (tertiary/aromatic N) is 1. The summed E-state index contributed by atoms with van der Waals surface area (Å²) >= 11 is 0. The van der Waals surface area contributed by atoms with Crippen molar-refractivity contribution in [1.29, 1.82) is 0 Å². The monoisotopic (exact) mass is 195 g/mol. The SMILES string of the molecule is C=C/C(C)=C\CN1C(=O)OC[C@@H]1C=O. The normalized spacial score (nSPS) is 22.1. The second-order valence-corrected chi connectivity index (χ2v) is 3.08. The number of hydrogen-bond acceptors (Lipinski definition) is 3. The lowest BCUT2D eigenvalue weighted by atomic mass is 10.2. The average Bonchev–Trinajstić information content (AvgIpc) is 2.55. The Balaban J connectivity index is 2.61. The van der Waals surface area contributed by atoms with E-state index in [1.54, 1.807) is 6.08 Å². The number of cyclic esters (lactones) is 1. The largest absolute Gasteiger partial charge is 0.447 e. The first-order chi connectivity index (χ1) is 6.69. The first-order valence-corrected chi connectivity index (χ1v) is 4.37. The number of rotatable bonds is 4. The minimum Gasteiger partial charge on any atom is -0.447 e. The van der Waals surface area contributed by atoms with Crippen LogP contribution < -0.4 is 0 Å². The van der Waals surface area contributed by atoms with E-state index < -0.39 is 12.1 Å². The molecule has 1 aliphatic heterocycles. The predicted molar refractivity (Wildman–Crippen MR) is 51.9 cm³/mol. The highest BCUT2D eigenvalue weighted by Gasteiger charge is 2.31. The molecule has 1 saturated heterocycles. The zero-order valence-corrected chi connectivity index (χ0v) is 8.10. The first kappa shape index (κ1) is 10.5. The summed E-state index contributed by atoms with van der Waals surface area (Å²) < 4.78 is 4.74. The van der Waals surface area contributed by atoms with E-state index in [2.05, 4.69) is 6.58 Å². The van der Waals surface area contributed by atoms with E-state index in [1.807, 2.05) is 13.0 Å². The quantitative estimate of drug-likeness (QED) is 0.499. The maximum absolute atomic E-state index is 11.1. The summed E-state index contributed by atoms with van der Waals surface area (Å²) in [6.45, 7) is 6.02. The third-order valence-corrected chi connectivity index (χ3v) is 2.10. The third kappa shape index (κ3) is 2.22. The molecule has 1 heterocycles. The maximum Gasteiger partial charge on any atom is 0.410 e. The van der Waals surface area contributed by atoms with Crippen LogP contribution in [0.25, 0.3) is 0 Å². The third-order valence-electron chi connectivity index (χ3n) is 2.10. The fourth-order valence-corrected chi connectivity index (χ4v) is 1.11. The molecule has 4 nitrogen and oxygen atoms in total. The molecule has 1 aliphatic rings. The van der Waals surface area contributed by atoms with E-state index in [0.29, 0.717) is 6.54 Å². The molecule has 0 saturated carbocycles. The van der Waals surface area contributed by atoms with Crippen LogP contribution in [0.2, 0.25) is 0 Å². The van der Waals surface area contributed by atoms with Crippen molar-refractivity contribution in [3.8, 4) is 0 Å². The molecule has 0 aromatic carbocycles. The van der Waals surface area contributed by atoms with Gasteiger partial charge < -0.3 is 9.53 Å². The van der Waals surface area contributed by atoms with Crippen molar-refractivity contribution in [3.63, 3.8) is 0 Å². The number of allylic oxidation sites excluding steroid dienone is 2. The van der Waals surface area contributed by atoms with Crippen LogP contribution in [0.5, 0.6) is 0 Å². The van der Waals surface area contributed by atoms with Gasteiger partial charge in [-0.1, -0.05) is 24.3 Å². The van der Waals surface area contributed by atoms with Crippen LogP contribution in [0.1, 0.15) is 6.92 Å². The van der Waals surface area contributed by atoms with Crippen molar-refractivity contribution >= 4 is 12.4 Å². The lowest BCUT2D eigenvalue weighted by molar-refractivity contribution is -0.110. The molecule has 1 rings (SSSR count). The van der Waals surface area contributed by atoms with Gasteiger partial charge in [0.15, 0.2) is 0 Å². The van der Waals surface area contributed by atoms with Gasteiger partial charge in [-0.05, 0) is 6.92 Å². The zero-order chi connectivity index (χ0) is 10.6. The second-order valence-electron chi connectivity index (χ2n) is 3.08. The van der Waals surface area contributed by atoms with Crippen molar-refractivity contribution in [2.24, 2.45) is 0 Å². The maximum atomic E-state index is 11.1. The van der Waals surface area contributed by atoms with Crippen molar-refractivity contribution in [3.05, 3.63) is 24.3 Å². The van der Waals surface area contributed by atoms with Gasteiger partial charge in [-0.2, -0.15) is 0 Å². The smallest absolute Gasteiger partial charge is 0.410 e. The molecule has 0 aromatic heterocycles. The zero-order valence-electron chi connectivity index (χ0n) is 8.10.